The summed E-state index contributed by atoms with van der Waals surface area (Å²) in [6.45, 7) is 3.64. The Morgan fingerprint density at radius 3 is 2.47 bits per heavy atom. The van der Waals surface area contributed by atoms with E-state index in [0.717, 1.165) is 11.3 Å². The van der Waals surface area contributed by atoms with Crippen molar-refractivity contribution in [2.45, 2.75) is 35.7 Å². The Morgan fingerprint density at radius 2 is 1.81 bits per heavy atom. The standard InChI is InChI=1S/C22H20F3NO4S2/c1-21(2,19(27)28)32-20-26-16(13-31-20)10-11-29-17-8-6-14(7-9-17)15-4-3-5-18(12-15)30-22(23,24)25/h3-9,12-13H,10-11H2,1-2H3,(H,27,28). The number of ether oxygens (including phenoxy) is 2. The lowest BCUT2D eigenvalue weighted by Gasteiger charge is -2.15. The van der Waals surface area contributed by atoms with Gasteiger partial charge in [-0.05, 0) is 49.2 Å². The van der Waals surface area contributed by atoms with E-state index in [1.54, 1.807) is 44.2 Å². The van der Waals surface area contributed by atoms with Crippen LogP contribution in [0.4, 0.5) is 13.2 Å². The molecule has 0 fully saturated rings. The number of alkyl halides is 3. The molecule has 32 heavy (non-hydrogen) atoms. The number of thioether (sulfide) groups is 1. The number of hydrogen-bond donors (Lipinski definition) is 1. The first-order valence-corrected chi connectivity index (χ1v) is 11.2. The Morgan fingerprint density at radius 1 is 1.09 bits per heavy atom. The maximum atomic E-state index is 12.4. The molecular weight excluding hydrogens is 463 g/mol. The molecule has 3 rings (SSSR count). The Hall–Kier alpha value is -2.72. The van der Waals surface area contributed by atoms with E-state index in [4.69, 9.17) is 4.74 Å². The molecule has 1 aromatic heterocycles. The van der Waals surface area contributed by atoms with E-state index >= 15 is 0 Å². The van der Waals surface area contributed by atoms with Crippen molar-refractivity contribution in [1.82, 2.24) is 4.98 Å². The van der Waals surface area contributed by atoms with E-state index in [9.17, 15) is 23.1 Å². The van der Waals surface area contributed by atoms with Gasteiger partial charge in [0.25, 0.3) is 0 Å². The molecule has 3 aromatic rings. The fraction of sp³-hybridized carbons (Fsp3) is 0.273. The van der Waals surface area contributed by atoms with Gasteiger partial charge < -0.3 is 14.6 Å². The molecule has 2 aromatic carbocycles. The largest absolute Gasteiger partial charge is 0.573 e. The van der Waals surface area contributed by atoms with Crippen LogP contribution in [0.5, 0.6) is 11.5 Å². The first-order valence-electron chi connectivity index (χ1n) is 9.48. The Labute approximate surface area is 191 Å². The molecular formula is C22H20F3NO4S2. The van der Waals surface area contributed by atoms with Crippen LogP contribution in [-0.2, 0) is 11.2 Å². The van der Waals surface area contributed by atoms with E-state index in [1.807, 2.05) is 5.38 Å². The zero-order chi connectivity index (χ0) is 23.4. The molecule has 10 heteroatoms. The van der Waals surface area contributed by atoms with Crippen LogP contribution in [0, 0.1) is 0 Å². The molecule has 0 atom stereocenters. The van der Waals surface area contributed by atoms with E-state index in [1.165, 1.54) is 41.3 Å². The summed E-state index contributed by atoms with van der Waals surface area (Å²) in [5, 5.41) is 11.1. The minimum atomic E-state index is -4.74. The zero-order valence-corrected chi connectivity index (χ0v) is 18.8. The number of carboxylic acids is 1. The molecule has 0 spiro atoms. The van der Waals surface area contributed by atoms with Gasteiger partial charge in [-0.3, -0.25) is 4.79 Å². The van der Waals surface area contributed by atoms with Gasteiger partial charge in [0, 0.05) is 11.8 Å². The van der Waals surface area contributed by atoms with E-state index in [-0.39, 0.29) is 5.75 Å². The summed E-state index contributed by atoms with van der Waals surface area (Å²) in [5.74, 6) is -0.554. The second-order valence-corrected chi connectivity index (χ2v) is 9.95. The fourth-order valence-electron chi connectivity index (χ4n) is 2.60. The highest BCUT2D eigenvalue weighted by Crippen LogP contribution is 2.35. The summed E-state index contributed by atoms with van der Waals surface area (Å²) in [5.41, 5.74) is 2.14. The van der Waals surface area contributed by atoms with Gasteiger partial charge in [-0.15, -0.1) is 24.5 Å². The minimum absolute atomic E-state index is 0.275. The van der Waals surface area contributed by atoms with Gasteiger partial charge in [0.1, 0.15) is 16.2 Å². The lowest BCUT2D eigenvalue weighted by Crippen LogP contribution is -2.26. The number of benzene rings is 2. The number of nitrogens with zero attached hydrogens (tertiary/aromatic N) is 1. The van der Waals surface area contributed by atoms with Gasteiger partial charge in [0.05, 0.1) is 12.3 Å². The zero-order valence-electron chi connectivity index (χ0n) is 17.2. The Balaban J connectivity index is 1.54. The quantitative estimate of drug-likeness (QED) is 0.361. The second kappa shape index (κ2) is 9.83. The maximum Gasteiger partial charge on any atom is 0.573 e. The summed E-state index contributed by atoms with van der Waals surface area (Å²) in [6.07, 6.45) is -4.18. The van der Waals surface area contributed by atoms with Crippen LogP contribution in [0.1, 0.15) is 19.5 Å². The van der Waals surface area contributed by atoms with Crippen molar-refractivity contribution in [2.75, 3.05) is 6.61 Å². The van der Waals surface area contributed by atoms with Crippen molar-refractivity contribution in [1.29, 1.82) is 0 Å². The Kier molecular flexibility index (Phi) is 7.35. The van der Waals surface area contributed by atoms with Crippen LogP contribution < -0.4 is 9.47 Å². The van der Waals surface area contributed by atoms with Gasteiger partial charge in [-0.25, -0.2) is 4.98 Å². The van der Waals surface area contributed by atoms with Crippen molar-refractivity contribution in [3.05, 3.63) is 59.6 Å². The van der Waals surface area contributed by atoms with Crippen molar-refractivity contribution >= 4 is 29.1 Å². The van der Waals surface area contributed by atoms with E-state index < -0.39 is 17.1 Å². The molecule has 0 unspecified atom stereocenters. The maximum absolute atomic E-state index is 12.4. The molecule has 0 saturated carbocycles. The molecule has 1 heterocycles. The minimum Gasteiger partial charge on any atom is -0.493 e. The third kappa shape index (κ3) is 6.89. The molecule has 0 aliphatic rings. The second-order valence-electron chi connectivity index (χ2n) is 7.22. The predicted molar refractivity (Wildman–Crippen MR) is 117 cm³/mol. The van der Waals surface area contributed by atoms with Crippen molar-refractivity contribution in [2.24, 2.45) is 0 Å². The van der Waals surface area contributed by atoms with Crippen LogP contribution in [0.2, 0.25) is 0 Å². The molecule has 0 aliphatic carbocycles. The highest BCUT2D eigenvalue weighted by atomic mass is 32.2. The van der Waals surface area contributed by atoms with E-state index in [2.05, 4.69) is 9.72 Å². The van der Waals surface area contributed by atoms with Crippen LogP contribution in [0.15, 0.2) is 58.3 Å². The van der Waals surface area contributed by atoms with Crippen molar-refractivity contribution in [3.63, 3.8) is 0 Å². The molecule has 5 nitrogen and oxygen atoms in total. The average molecular weight is 484 g/mol. The third-order valence-corrected chi connectivity index (χ3v) is 6.44. The number of aliphatic carboxylic acids is 1. The van der Waals surface area contributed by atoms with Gasteiger partial charge in [-0.2, -0.15) is 0 Å². The smallest absolute Gasteiger partial charge is 0.493 e. The highest BCUT2D eigenvalue weighted by molar-refractivity contribution is 8.02. The first-order chi connectivity index (χ1) is 15.0. The van der Waals surface area contributed by atoms with Crippen LogP contribution >= 0.6 is 23.1 Å². The van der Waals surface area contributed by atoms with Crippen LogP contribution in [0.3, 0.4) is 0 Å². The van der Waals surface area contributed by atoms with Crippen molar-refractivity contribution < 1.29 is 32.5 Å². The first kappa shape index (κ1) is 23.9. The normalized spacial score (nSPS) is 11.9. The van der Waals surface area contributed by atoms with Gasteiger partial charge in [0.2, 0.25) is 0 Å². The number of carbonyl (C=O) groups is 1. The summed E-state index contributed by atoms with van der Waals surface area (Å²) in [7, 11) is 0. The lowest BCUT2D eigenvalue weighted by atomic mass is 10.1. The fourth-order valence-corrected chi connectivity index (χ4v) is 4.83. The summed E-state index contributed by atoms with van der Waals surface area (Å²) >= 11 is 2.60. The molecule has 0 radical (unpaired) electrons. The monoisotopic (exact) mass is 483 g/mol. The van der Waals surface area contributed by atoms with Gasteiger partial charge in [0.15, 0.2) is 4.34 Å². The number of rotatable bonds is 9. The van der Waals surface area contributed by atoms with Gasteiger partial charge >= 0.3 is 12.3 Å². The molecule has 0 bridgehead atoms. The predicted octanol–water partition coefficient (Wildman–Crippen LogP) is 6.29. The number of halogens is 3. The number of hydrogen-bond acceptors (Lipinski definition) is 6. The molecule has 0 aliphatic heterocycles. The molecule has 170 valence electrons. The summed E-state index contributed by atoms with van der Waals surface area (Å²) in [6, 6.07) is 12.8. The SMILES string of the molecule is CC(C)(Sc1nc(CCOc2ccc(-c3cccc(OC(F)(F)F)c3)cc2)cs1)C(=O)O. The van der Waals surface area contributed by atoms with Crippen LogP contribution in [-0.4, -0.2) is 33.8 Å². The molecule has 0 saturated heterocycles. The lowest BCUT2D eigenvalue weighted by molar-refractivity contribution is -0.274. The topological polar surface area (TPSA) is 68.7 Å². The molecule has 1 N–H and O–H groups in total. The number of carboxylic acid groups (broad SMARTS) is 1. The van der Waals surface area contributed by atoms with Crippen molar-refractivity contribution in [3.8, 4) is 22.6 Å². The summed E-state index contributed by atoms with van der Waals surface area (Å²) < 4.78 is 46.7. The highest BCUT2D eigenvalue weighted by Gasteiger charge is 2.31. The average Bonchev–Trinajstić information content (AvgIpc) is 3.14. The van der Waals surface area contributed by atoms with E-state index in [0.29, 0.717) is 28.7 Å². The Bertz CT molecular complexity index is 1070. The third-order valence-electron chi connectivity index (χ3n) is 4.27. The summed E-state index contributed by atoms with van der Waals surface area (Å²) in [4.78, 5) is 15.7. The number of thiazole rings is 1. The van der Waals surface area contributed by atoms with Gasteiger partial charge in [-0.1, -0.05) is 36.0 Å². The molecule has 0 amide bonds. The van der Waals surface area contributed by atoms with Crippen LogP contribution in [0.25, 0.3) is 11.1 Å². The number of aromatic nitrogens is 1.